The molecule has 11 nitrogen and oxygen atoms in total. The molecule has 3 aromatic heterocycles. The number of amides is 1. The highest BCUT2D eigenvalue weighted by atomic mass is 32.2. The van der Waals surface area contributed by atoms with E-state index in [0.29, 0.717) is 41.9 Å². The summed E-state index contributed by atoms with van der Waals surface area (Å²) in [6.07, 6.45) is 8.88. The van der Waals surface area contributed by atoms with E-state index in [4.69, 9.17) is 9.72 Å². The van der Waals surface area contributed by atoms with Crippen LogP contribution in [0, 0.1) is 5.41 Å². The van der Waals surface area contributed by atoms with E-state index in [2.05, 4.69) is 40.5 Å². The lowest BCUT2D eigenvalue weighted by atomic mass is 10.0. The fourth-order valence-electron chi connectivity index (χ4n) is 5.97. The number of sulfonamides is 1. The van der Waals surface area contributed by atoms with Crippen LogP contribution in [0.15, 0.2) is 47.6 Å². The topological polar surface area (TPSA) is 123 Å². The van der Waals surface area contributed by atoms with Crippen LogP contribution in [0.3, 0.4) is 0 Å². The summed E-state index contributed by atoms with van der Waals surface area (Å²) in [6, 6.07) is 10.1. The highest BCUT2D eigenvalue weighted by molar-refractivity contribution is 7.90. The predicted molar refractivity (Wildman–Crippen MR) is 160 cm³/mol. The first kappa shape index (κ1) is 28.4. The van der Waals surface area contributed by atoms with Gasteiger partial charge in [0.1, 0.15) is 11.6 Å². The van der Waals surface area contributed by atoms with E-state index in [1.807, 2.05) is 18.0 Å². The van der Waals surface area contributed by atoms with Gasteiger partial charge in [0.15, 0.2) is 10.8 Å². The molecular formula is C30H39N7O4S. The maximum Gasteiger partial charge on any atom is 0.281 e. The summed E-state index contributed by atoms with van der Waals surface area (Å²) in [4.78, 5) is 27.1. The molecule has 2 fully saturated rings. The second-order valence-electron chi connectivity index (χ2n) is 12.8. The maximum absolute atomic E-state index is 13.7. The van der Waals surface area contributed by atoms with Crippen LogP contribution in [0.25, 0.3) is 5.82 Å². The summed E-state index contributed by atoms with van der Waals surface area (Å²) in [5.41, 5.74) is 0.291. The SMILES string of the molecule is CN1CCCC2CCC(C)(C)N2c2nc(-n3ccc(OCCC4(C)CC4)n3)ccc2C(=O)NS(=O)(=O)c2cccc1n2. The fraction of sp³-hybridized carbons (Fsp3) is 0.533. The molecule has 42 heavy (non-hydrogen) atoms. The third kappa shape index (κ3) is 5.68. The van der Waals surface area contributed by atoms with E-state index in [0.717, 1.165) is 32.1 Å². The van der Waals surface area contributed by atoms with Crippen LogP contribution in [-0.4, -0.2) is 65.9 Å². The highest BCUT2D eigenvalue weighted by Crippen LogP contribution is 2.48. The molecule has 1 amide bonds. The van der Waals surface area contributed by atoms with Gasteiger partial charge in [-0.1, -0.05) is 13.0 Å². The van der Waals surface area contributed by atoms with Crippen molar-refractivity contribution in [1.82, 2.24) is 24.5 Å². The van der Waals surface area contributed by atoms with E-state index >= 15 is 0 Å². The van der Waals surface area contributed by atoms with Crippen LogP contribution in [0.5, 0.6) is 5.88 Å². The largest absolute Gasteiger partial charge is 0.477 e. The van der Waals surface area contributed by atoms with Gasteiger partial charge in [0.25, 0.3) is 15.9 Å². The van der Waals surface area contributed by atoms with Crippen LogP contribution in [0.2, 0.25) is 0 Å². The number of rotatable bonds is 5. The molecule has 0 spiro atoms. The molecule has 3 aliphatic rings. The minimum Gasteiger partial charge on any atom is -0.477 e. The Balaban J connectivity index is 1.37. The van der Waals surface area contributed by atoms with Crippen molar-refractivity contribution in [2.24, 2.45) is 5.41 Å². The number of hydrogen-bond donors (Lipinski definition) is 1. The van der Waals surface area contributed by atoms with E-state index in [1.165, 1.54) is 18.9 Å². The Morgan fingerprint density at radius 2 is 1.83 bits per heavy atom. The second-order valence-corrected chi connectivity index (χ2v) is 14.4. The number of fused-ring (bicyclic) bond motifs is 5. The van der Waals surface area contributed by atoms with Crippen LogP contribution in [0.1, 0.15) is 76.1 Å². The molecule has 5 heterocycles. The Labute approximate surface area is 247 Å². The summed E-state index contributed by atoms with van der Waals surface area (Å²) in [5, 5.41) is 4.38. The zero-order chi connectivity index (χ0) is 29.7. The maximum atomic E-state index is 13.7. The minimum atomic E-state index is -4.23. The zero-order valence-corrected chi connectivity index (χ0v) is 25.5. The number of aromatic nitrogens is 4. The molecule has 2 aliphatic heterocycles. The second kappa shape index (κ2) is 10.6. The van der Waals surface area contributed by atoms with Gasteiger partial charge >= 0.3 is 0 Å². The summed E-state index contributed by atoms with van der Waals surface area (Å²) in [7, 11) is -2.33. The highest BCUT2D eigenvalue weighted by Gasteiger charge is 2.42. The van der Waals surface area contributed by atoms with Crippen LogP contribution in [0.4, 0.5) is 11.6 Å². The first-order valence-corrected chi connectivity index (χ1v) is 16.2. The predicted octanol–water partition coefficient (Wildman–Crippen LogP) is 4.33. The molecule has 1 N–H and O–H groups in total. The summed E-state index contributed by atoms with van der Waals surface area (Å²) >= 11 is 0. The molecule has 0 aromatic carbocycles. The van der Waals surface area contributed by atoms with Gasteiger partial charge in [0.2, 0.25) is 5.88 Å². The number of anilines is 2. The molecule has 1 unspecified atom stereocenters. The zero-order valence-electron chi connectivity index (χ0n) is 24.7. The molecule has 1 aliphatic carbocycles. The molecule has 0 radical (unpaired) electrons. The first-order chi connectivity index (χ1) is 19.9. The summed E-state index contributed by atoms with van der Waals surface area (Å²) in [5.74, 6) is 1.27. The molecule has 1 atom stereocenters. The molecule has 2 bridgehead atoms. The average molecular weight is 594 g/mol. The van der Waals surface area contributed by atoms with Gasteiger partial charge in [-0.05, 0) is 88.5 Å². The molecule has 1 saturated carbocycles. The van der Waals surface area contributed by atoms with Crippen molar-refractivity contribution in [2.45, 2.75) is 82.3 Å². The van der Waals surface area contributed by atoms with Crippen molar-refractivity contribution in [3.05, 3.63) is 48.2 Å². The van der Waals surface area contributed by atoms with Crippen molar-refractivity contribution in [2.75, 3.05) is 30.0 Å². The Morgan fingerprint density at radius 3 is 2.62 bits per heavy atom. The Kier molecular flexibility index (Phi) is 7.15. The molecule has 1 saturated heterocycles. The number of ether oxygens (including phenoxy) is 1. The third-order valence-electron chi connectivity index (χ3n) is 8.93. The van der Waals surface area contributed by atoms with E-state index < -0.39 is 15.9 Å². The van der Waals surface area contributed by atoms with Gasteiger partial charge in [-0.15, -0.1) is 5.10 Å². The number of nitrogens with one attached hydrogen (secondary N) is 1. The van der Waals surface area contributed by atoms with Gasteiger partial charge in [0, 0.05) is 37.4 Å². The molecule has 12 heteroatoms. The van der Waals surface area contributed by atoms with Crippen LogP contribution < -0.4 is 19.3 Å². The number of nitrogens with zero attached hydrogens (tertiary/aromatic N) is 6. The summed E-state index contributed by atoms with van der Waals surface area (Å²) in [6.45, 7) is 7.88. The molecule has 6 rings (SSSR count). The lowest BCUT2D eigenvalue weighted by Crippen LogP contribution is -2.45. The van der Waals surface area contributed by atoms with Crippen molar-refractivity contribution in [3.8, 4) is 11.7 Å². The lowest BCUT2D eigenvalue weighted by molar-refractivity contribution is 0.0981. The smallest absolute Gasteiger partial charge is 0.281 e. The van der Waals surface area contributed by atoms with E-state index in [1.54, 1.807) is 35.1 Å². The quantitative estimate of drug-likeness (QED) is 0.461. The average Bonchev–Trinajstić information content (AvgIpc) is 3.35. The van der Waals surface area contributed by atoms with Crippen molar-refractivity contribution in [3.63, 3.8) is 0 Å². The first-order valence-electron chi connectivity index (χ1n) is 14.7. The van der Waals surface area contributed by atoms with E-state index in [-0.39, 0.29) is 22.2 Å². The van der Waals surface area contributed by atoms with E-state index in [9.17, 15) is 13.2 Å². The van der Waals surface area contributed by atoms with Crippen LogP contribution in [-0.2, 0) is 10.0 Å². The Morgan fingerprint density at radius 1 is 1.02 bits per heavy atom. The van der Waals surface area contributed by atoms with Crippen LogP contribution >= 0.6 is 0 Å². The minimum absolute atomic E-state index is 0.127. The molecule has 224 valence electrons. The van der Waals surface area contributed by atoms with Gasteiger partial charge in [-0.25, -0.2) is 19.4 Å². The van der Waals surface area contributed by atoms with Gasteiger partial charge < -0.3 is 14.5 Å². The lowest BCUT2D eigenvalue weighted by Gasteiger charge is -2.38. The normalized spacial score (nSPS) is 22.5. The number of hydrogen-bond acceptors (Lipinski definition) is 9. The number of pyridine rings is 2. The Hall–Kier alpha value is -3.67. The monoisotopic (exact) mass is 593 g/mol. The van der Waals surface area contributed by atoms with Crippen molar-refractivity contribution in [1.29, 1.82) is 0 Å². The van der Waals surface area contributed by atoms with Gasteiger partial charge in [0.05, 0.1) is 12.2 Å². The number of carbonyl (C=O) groups excluding carboxylic acids is 1. The summed E-state index contributed by atoms with van der Waals surface area (Å²) < 4.78 is 36.4. The van der Waals surface area contributed by atoms with Crippen molar-refractivity contribution >= 4 is 27.6 Å². The third-order valence-corrected chi connectivity index (χ3v) is 10.2. The Bertz CT molecular complexity index is 1600. The molecule has 3 aromatic rings. The number of carbonyl (C=O) groups is 1. The fourth-order valence-corrected chi connectivity index (χ4v) is 6.90. The van der Waals surface area contributed by atoms with Crippen molar-refractivity contribution < 1.29 is 17.9 Å². The van der Waals surface area contributed by atoms with Gasteiger partial charge in [-0.2, -0.15) is 8.42 Å². The molecular weight excluding hydrogens is 554 g/mol. The van der Waals surface area contributed by atoms with Gasteiger partial charge in [-0.3, -0.25) is 4.79 Å². The standard InChI is InChI=1S/C30H39N7O4S/c1-29(2)14-12-21-7-6-18-35(4)23-8-5-9-26(31-23)42(39,40)34-28(38)22-10-11-24(32-27(22)37(21)29)36-19-13-25(33-36)41-20-17-30(3)15-16-30/h5,8-11,13,19,21H,6-7,12,14-18,20H2,1-4H3,(H,34,38).